The maximum atomic E-state index is 14.0. The van der Waals surface area contributed by atoms with Crippen molar-refractivity contribution in [2.45, 2.75) is 96.3 Å². The molecule has 1 aromatic rings. The molecule has 0 heterocycles. The van der Waals surface area contributed by atoms with Crippen molar-refractivity contribution in [3.8, 4) is 5.75 Å². The second-order valence-corrected chi connectivity index (χ2v) is 9.69. The van der Waals surface area contributed by atoms with E-state index >= 15 is 0 Å². The molecule has 1 aromatic carbocycles. The lowest BCUT2D eigenvalue weighted by atomic mass is 9.74. The molecule has 0 aromatic heterocycles. The lowest BCUT2D eigenvalue weighted by Gasteiger charge is -2.32. The van der Waals surface area contributed by atoms with E-state index in [0.29, 0.717) is 11.5 Å². The van der Waals surface area contributed by atoms with Crippen LogP contribution in [0.5, 0.6) is 5.75 Å². The van der Waals surface area contributed by atoms with Gasteiger partial charge in [-0.25, -0.2) is 8.78 Å². The van der Waals surface area contributed by atoms with E-state index < -0.39 is 23.7 Å². The van der Waals surface area contributed by atoms with Gasteiger partial charge in [0.1, 0.15) is 0 Å². The normalized spacial score (nSPS) is 27.1. The standard InChI is InChI=1S/C26H35F5O/c1-2-3-4-5-18-6-8-19(9-7-18)10-11-20-12-14-21(15-13-20)22-16-23(27)25(24(28)17-22)32-26(29,30)31/h2-3,16-21H,4-15H2,1H3. The summed E-state index contributed by atoms with van der Waals surface area (Å²) in [6.45, 7) is 2.07. The number of alkyl halides is 3. The Bertz CT molecular complexity index is 718. The SMILES string of the molecule is CC=CCCC1CCC(CCC2CCC(c3cc(F)c(OC(F)(F)F)c(F)c3)CC2)CC1. The molecule has 0 aliphatic heterocycles. The second kappa shape index (κ2) is 11.5. The van der Waals surface area contributed by atoms with Gasteiger partial charge in [0.2, 0.25) is 5.75 Å². The molecule has 32 heavy (non-hydrogen) atoms. The van der Waals surface area contributed by atoms with E-state index in [4.69, 9.17) is 0 Å². The van der Waals surface area contributed by atoms with Crippen molar-refractivity contribution in [3.63, 3.8) is 0 Å². The summed E-state index contributed by atoms with van der Waals surface area (Å²) in [5, 5.41) is 0. The Morgan fingerprint density at radius 2 is 1.28 bits per heavy atom. The van der Waals surface area contributed by atoms with Crippen molar-refractivity contribution >= 4 is 0 Å². The number of allylic oxidation sites excluding steroid dienone is 2. The van der Waals surface area contributed by atoms with Gasteiger partial charge in [-0.05, 0) is 86.8 Å². The molecule has 0 saturated heterocycles. The molecule has 0 N–H and O–H groups in total. The Kier molecular flexibility index (Phi) is 9.01. The molecule has 3 rings (SSSR count). The van der Waals surface area contributed by atoms with Gasteiger partial charge >= 0.3 is 6.36 Å². The van der Waals surface area contributed by atoms with Crippen LogP contribution in [0.1, 0.15) is 95.5 Å². The Hall–Kier alpha value is -1.59. The fourth-order valence-corrected chi connectivity index (χ4v) is 5.59. The molecule has 2 fully saturated rings. The smallest absolute Gasteiger partial charge is 0.399 e. The zero-order valence-corrected chi connectivity index (χ0v) is 18.9. The summed E-state index contributed by atoms with van der Waals surface area (Å²) in [7, 11) is 0. The van der Waals surface area contributed by atoms with Crippen LogP contribution in [-0.2, 0) is 0 Å². The van der Waals surface area contributed by atoms with Crippen molar-refractivity contribution in [1.82, 2.24) is 0 Å². The topological polar surface area (TPSA) is 9.23 Å². The molecule has 0 radical (unpaired) electrons. The molecule has 0 unspecified atom stereocenters. The van der Waals surface area contributed by atoms with Gasteiger partial charge in [-0.2, -0.15) is 0 Å². The summed E-state index contributed by atoms with van der Waals surface area (Å²) in [4.78, 5) is 0. The van der Waals surface area contributed by atoms with E-state index in [2.05, 4.69) is 23.8 Å². The average molecular weight is 459 g/mol. The summed E-state index contributed by atoms with van der Waals surface area (Å²) in [5.74, 6) is -1.61. The van der Waals surface area contributed by atoms with Crippen LogP contribution < -0.4 is 4.74 Å². The van der Waals surface area contributed by atoms with Gasteiger partial charge < -0.3 is 4.74 Å². The summed E-state index contributed by atoms with van der Waals surface area (Å²) in [6.07, 6.45) is 13.3. The Morgan fingerprint density at radius 3 is 1.75 bits per heavy atom. The zero-order chi connectivity index (χ0) is 23.1. The Labute approximate surface area is 188 Å². The maximum absolute atomic E-state index is 14.0. The van der Waals surface area contributed by atoms with E-state index in [1.165, 1.54) is 51.4 Å². The van der Waals surface area contributed by atoms with Crippen LogP contribution in [0.15, 0.2) is 24.3 Å². The van der Waals surface area contributed by atoms with E-state index in [0.717, 1.165) is 49.7 Å². The highest BCUT2D eigenvalue weighted by Gasteiger charge is 2.35. The minimum absolute atomic E-state index is 0.0113. The quantitative estimate of drug-likeness (QED) is 0.279. The Balaban J connectivity index is 1.41. The summed E-state index contributed by atoms with van der Waals surface area (Å²) in [5.41, 5.74) is 0.434. The minimum atomic E-state index is -5.12. The number of halogens is 5. The van der Waals surface area contributed by atoms with Gasteiger partial charge in [-0.3, -0.25) is 0 Å². The van der Waals surface area contributed by atoms with Crippen LogP contribution in [0.3, 0.4) is 0 Å². The van der Waals surface area contributed by atoms with Crippen LogP contribution in [-0.4, -0.2) is 6.36 Å². The second-order valence-electron chi connectivity index (χ2n) is 9.69. The van der Waals surface area contributed by atoms with Crippen LogP contribution in [0.25, 0.3) is 0 Å². The van der Waals surface area contributed by atoms with Gasteiger partial charge in [0.25, 0.3) is 0 Å². The Morgan fingerprint density at radius 1 is 0.812 bits per heavy atom. The van der Waals surface area contributed by atoms with Gasteiger partial charge in [0.15, 0.2) is 11.6 Å². The number of hydrogen-bond acceptors (Lipinski definition) is 1. The molecule has 2 aliphatic rings. The van der Waals surface area contributed by atoms with Crippen LogP contribution in [0.2, 0.25) is 0 Å². The molecule has 0 bridgehead atoms. The van der Waals surface area contributed by atoms with Gasteiger partial charge in [-0.1, -0.05) is 50.7 Å². The lowest BCUT2D eigenvalue weighted by molar-refractivity contribution is -0.276. The molecular weight excluding hydrogens is 423 g/mol. The molecule has 0 amide bonds. The molecule has 180 valence electrons. The van der Waals surface area contributed by atoms with E-state index in [-0.39, 0.29) is 5.92 Å². The van der Waals surface area contributed by atoms with Crippen molar-refractivity contribution < 1.29 is 26.7 Å². The monoisotopic (exact) mass is 458 g/mol. The highest BCUT2D eigenvalue weighted by atomic mass is 19.4. The highest BCUT2D eigenvalue weighted by molar-refractivity contribution is 5.33. The largest absolute Gasteiger partial charge is 0.573 e. The summed E-state index contributed by atoms with van der Waals surface area (Å²) < 4.78 is 68.6. The minimum Gasteiger partial charge on any atom is -0.399 e. The molecule has 1 nitrogen and oxygen atoms in total. The summed E-state index contributed by atoms with van der Waals surface area (Å²) >= 11 is 0. The van der Waals surface area contributed by atoms with Crippen LogP contribution >= 0.6 is 0 Å². The van der Waals surface area contributed by atoms with Crippen molar-refractivity contribution in [3.05, 3.63) is 41.5 Å². The predicted molar refractivity (Wildman–Crippen MR) is 116 cm³/mol. The molecule has 2 saturated carbocycles. The molecule has 6 heteroatoms. The molecule has 0 atom stereocenters. The van der Waals surface area contributed by atoms with Crippen LogP contribution in [0, 0.1) is 29.4 Å². The van der Waals surface area contributed by atoms with Crippen molar-refractivity contribution in [2.24, 2.45) is 17.8 Å². The first kappa shape index (κ1) is 25.0. The van der Waals surface area contributed by atoms with E-state index in [1.54, 1.807) is 0 Å². The van der Waals surface area contributed by atoms with Crippen LogP contribution in [0.4, 0.5) is 22.0 Å². The average Bonchev–Trinajstić information content (AvgIpc) is 2.75. The number of benzene rings is 1. The number of ether oxygens (including phenoxy) is 1. The fourth-order valence-electron chi connectivity index (χ4n) is 5.59. The maximum Gasteiger partial charge on any atom is 0.573 e. The van der Waals surface area contributed by atoms with Crippen molar-refractivity contribution in [1.29, 1.82) is 0 Å². The highest BCUT2D eigenvalue weighted by Crippen LogP contribution is 2.41. The summed E-state index contributed by atoms with van der Waals surface area (Å²) in [6, 6.07) is 2.01. The molecular formula is C26H35F5O. The zero-order valence-electron chi connectivity index (χ0n) is 18.9. The third-order valence-electron chi connectivity index (χ3n) is 7.48. The lowest BCUT2D eigenvalue weighted by Crippen LogP contribution is -2.20. The fraction of sp³-hybridized carbons (Fsp3) is 0.692. The van der Waals surface area contributed by atoms with Gasteiger partial charge in [0, 0.05) is 0 Å². The van der Waals surface area contributed by atoms with Gasteiger partial charge in [0.05, 0.1) is 0 Å². The third kappa shape index (κ3) is 7.48. The number of rotatable bonds is 8. The first-order valence-corrected chi connectivity index (χ1v) is 12.1. The first-order chi connectivity index (χ1) is 15.2. The molecule has 2 aliphatic carbocycles. The third-order valence-corrected chi connectivity index (χ3v) is 7.48. The van der Waals surface area contributed by atoms with Crippen molar-refractivity contribution in [2.75, 3.05) is 0 Å². The van der Waals surface area contributed by atoms with E-state index in [9.17, 15) is 22.0 Å². The van der Waals surface area contributed by atoms with E-state index in [1.807, 2.05) is 0 Å². The predicted octanol–water partition coefficient (Wildman–Crippen LogP) is 9.08. The van der Waals surface area contributed by atoms with Gasteiger partial charge in [-0.15, -0.1) is 13.2 Å². The first-order valence-electron chi connectivity index (χ1n) is 12.1. The molecule has 0 spiro atoms. The number of hydrogen-bond donors (Lipinski definition) is 0.